The van der Waals surface area contributed by atoms with Gasteiger partial charge in [-0.2, -0.15) is 0 Å². The van der Waals surface area contributed by atoms with Gasteiger partial charge in [-0.3, -0.25) is 9.59 Å². The number of Topliss-reactive ketones (excluding diaryl/α,β-unsaturated/α-hetero) is 2. The first-order valence-corrected chi connectivity index (χ1v) is 12.5. The number of benzene rings is 2. The predicted octanol–water partition coefficient (Wildman–Crippen LogP) is 4.78. The van der Waals surface area contributed by atoms with Crippen molar-refractivity contribution in [3.8, 4) is 0 Å². The molecule has 184 valence electrons. The number of fused-ring (bicyclic) bond motifs is 2. The summed E-state index contributed by atoms with van der Waals surface area (Å²) >= 11 is 1.51. The van der Waals surface area contributed by atoms with Gasteiger partial charge in [0.05, 0.1) is 37.8 Å². The van der Waals surface area contributed by atoms with E-state index in [9.17, 15) is 9.59 Å². The van der Waals surface area contributed by atoms with E-state index in [1.54, 1.807) is 0 Å². The van der Waals surface area contributed by atoms with Crippen LogP contribution in [0.5, 0.6) is 0 Å². The molecule has 0 bridgehead atoms. The zero-order chi connectivity index (χ0) is 24.3. The Morgan fingerprint density at radius 3 is 2.09 bits per heavy atom. The van der Waals surface area contributed by atoms with Crippen LogP contribution in [0, 0.1) is 0 Å². The van der Waals surface area contributed by atoms with Crippen LogP contribution < -0.4 is 4.90 Å². The lowest BCUT2D eigenvalue weighted by Gasteiger charge is -2.33. The molecule has 1 aliphatic heterocycles. The summed E-state index contributed by atoms with van der Waals surface area (Å²) in [5, 5.41) is 0. The topological polar surface area (TPSA) is 74.3 Å². The molecule has 0 fully saturated rings. The second-order valence-electron chi connectivity index (χ2n) is 7.53. The normalized spacial score (nSPS) is 12.4. The zero-order valence-electron chi connectivity index (χ0n) is 20.1. The van der Waals surface area contributed by atoms with E-state index in [0.717, 1.165) is 27.7 Å². The van der Waals surface area contributed by atoms with Crippen molar-refractivity contribution >= 4 is 34.7 Å². The van der Waals surface area contributed by atoms with Gasteiger partial charge < -0.3 is 23.8 Å². The molecule has 0 aromatic heterocycles. The molecule has 2 aromatic rings. The van der Waals surface area contributed by atoms with E-state index in [0.29, 0.717) is 50.8 Å². The summed E-state index contributed by atoms with van der Waals surface area (Å²) in [7, 11) is 0. The molecule has 0 aliphatic carbocycles. The highest BCUT2D eigenvalue weighted by atomic mass is 32.2. The molecule has 7 nitrogen and oxygen atoms in total. The summed E-state index contributed by atoms with van der Waals surface area (Å²) in [6.45, 7) is 9.60. The molecule has 0 atom stereocenters. The van der Waals surface area contributed by atoms with Crippen molar-refractivity contribution in [2.45, 2.75) is 30.6 Å². The Bertz CT molecular complexity index is 980. The van der Waals surface area contributed by atoms with E-state index in [2.05, 4.69) is 11.8 Å². The number of anilines is 2. The molecule has 34 heavy (non-hydrogen) atoms. The molecule has 0 unspecified atom stereocenters. The summed E-state index contributed by atoms with van der Waals surface area (Å²) in [5.74, 6) is -0.156. The molecule has 0 amide bonds. The second kappa shape index (κ2) is 13.6. The number of carbonyl (C=O) groups excluding carboxylic acids is 2. The molecule has 8 heteroatoms. The van der Waals surface area contributed by atoms with Crippen LogP contribution in [0.15, 0.2) is 46.2 Å². The van der Waals surface area contributed by atoms with Gasteiger partial charge in [0, 0.05) is 40.7 Å². The smallest absolute Gasteiger partial charge is 0.189 e. The van der Waals surface area contributed by atoms with Gasteiger partial charge in [0.15, 0.2) is 11.6 Å². The maximum atomic E-state index is 12.9. The number of ether oxygens (including phenoxy) is 4. The fourth-order valence-corrected chi connectivity index (χ4v) is 4.92. The van der Waals surface area contributed by atoms with E-state index in [1.165, 1.54) is 11.8 Å². The van der Waals surface area contributed by atoms with Crippen LogP contribution in [0.3, 0.4) is 0 Å². The van der Waals surface area contributed by atoms with Crippen LogP contribution in [0.25, 0.3) is 0 Å². The highest BCUT2D eigenvalue weighted by Crippen LogP contribution is 2.49. The summed E-state index contributed by atoms with van der Waals surface area (Å²) in [4.78, 5) is 29.6. The highest BCUT2D eigenvalue weighted by Gasteiger charge is 2.27. The SMILES string of the molecule is CCOCCOCC(=O)c1ccc2c(c1)Sc1c(C(=O)COCCOCC)cccc1N2CC. The molecule has 1 heterocycles. The number of hydrogen-bond donors (Lipinski definition) is 0. The van der Waals surface area contributed by atoms with Gasteiger partial charge in [-0.15, -0.1) is 0 Å². The fraction of sp³-hybridized carbons (Fsp3) is 0.462. The van der Waals surface area contributed by atoms with E-state index >= 15 is 0 Å². The van der Waals surface area contributed by atoms with Crippen molar-refractivity contribution in [2.24, 2.45) is 0 Å². The summed E-state index contributed by atoms with van der Waals surface area (Å²) < 4.78 is 21.5. The lowest BCUT2D eigenvalue weighted by atomic mass is 10.1. The van der Waals surface area contributed by atoms with Crippen molar-refractivity contribution in [3.63, 3.8) is 0 Å². The van der Waals surface area contributed by atoms with Crippen molar-refractivity contribution in [1.82, 2.24) is 0 Å². The molecule has 2 aromatic carbocycles. The third kappa shape index (κ3) is 6.67. The molecule has 0 N–H and O–H groups in total. The van der Waals surface area contributed by atoms with Crippen molar-refractivity contribution in [1.29, 1.82) is 0 Å². The van der Waals surface area contributed by atoms with Gasteiger partial charge in [0.2, 0.25) is 0 Å². The fourth-order valence-electron chi connectivity index (χ4n) is 3.65. The molecule has 3 rings (SSSR count). The van der Waals surface area contributed by atoms with E-state index < -0.39 is 0 Å². The molecular weight excluding hydrogens is 454 g/mol. The van der Waals surface area contributed by atoms with Crippen LogP contribution in [0.2, 0.25) is 0 Å². The van der Waals surface area contributed by atoms with Gasteiger partial charge in [0.1, 0.15) is 13.2 Å². The van der Waals surface area contributed by atoms with Crippen LogP contribution in [-0.4, -0.2) is 71.0 Å². The molecule has 0 saturated heterocycles. The van der Waals surface area contributed by atoms with E-state index in [1.807, 2.05) is 50.2 Å². The first kappa shape index (κ1) is 26.4. The molecule has 0 saturated carbocycles. The van der Waals surface area contributed by atoms with Gasteiger partial charge in [-0.25, -0.2) is 0 Å². The Morgan fingerprint density at radius 2 is 1.44 bits per heavy atom. The Balaban J connectivity index is 1.76. The van der Waals surface area contributed by atoms with E-state index in [-0.39, 0.29) is 24.8 Å². The lowest BCUT2D eigenvalue weighted by molar-refractivity contribution is 0.0471. The third-order valence-corrected chi connectivity index (χ3v) is 6.48. The van der Waals surface area contributed by atoms with Crippen molar-refractivity contribution in [3.05, 3.63) is 47.5 Å². The zero-order valence-corrected chi connectivity index (χ0v) is 20.9. The highest BCUT2D eigenvalue weighted by molar-refractivity contribution is 7.99. The minimum Gasteiger partial charge on any atom is -0.379 e. The maximum Gasteiger partial charge on any atom is 0.189 e. The molecular formula is C26H33NO6S. The molecule has 0 spiro atoms. The van der Waals surface area contributed by atoms with Gasteiger partial charge in [0.25, 0.3) is 0 Å². The number of nitrogens with zero attached hydrogens (tertiary/aromatic N) is 1. The lowest BCUT2D eigenvalue weighted by Crippen LogP contribution is -2.22. The quantitative estimate of drug-likeness (QED) is 0.262. The number of carbonyl (C=O) groups is 2. The van der Waals surface area contributed by atoms with E-state index in [4.69, 9.17) is 18.9 Å². The third-order valence-electron chi connectivity index (χ3n) is 5.30. The van der Waals surface area contributed by atoms with Crippen LogP contribution in [0.4, 0.5) is 11.4 Å². The Kier molecular flexibility index (Phi) is 10.6. The number of hydrogen-bond acceptors (Lipinski definition) is 8. The summed E-state index contributed by atoms with van der Waals surface area (Å²) in [6.07, 6.45) is 0. The predicted molar refractivity (Wildman–Crippen MR) is 133 cm³/mol. The second-order valence-corrected chi connectivity index (χ2v) is 8.58. The van der Waals surface area contributed by atoms with Gasteiger partial charge >= 0.3 is 0 Å². The molecule has 1 aliphatic rings. The van der Waals surface area contributed by atoms with Crippen LogP contribution in [-0.2, 0) is 18.9 Å². The summed E-state index contributed by atoms with van der Waals surface area (Å²) in [5.41, 5.74) is 3.22. The Morgan fingerprint density at radius 1 is 0.794 bits per heavy atom. The monoisotopic (exact) mass is 487 g/mol. The maximum absolute atomic E-state index is 12.9. The first-order chi connectivity index (χ1) is 16.6. The number of ketones is 2. The Labute approximate surface area is 205 Å². The average Bonchev–Trinajstić information content (AvgIpc) is 2.86. The molecule has 0 radical (unpaired) electrons. The minimum absolute atomic E-state index is 0.000674. The van der Waals surface area contributed by atoms with Crippen LogP contribution in [0.1, 0.15) is 41.5 Å². The Hall–Kier alpha value is -2.23. The van der Waals surface area contributed by atoms with Crippen molar-refractivity contribution < 1.29 is 28.5 Å². The number of rotatable bonds is 15. The van der Waals surface area contributed by atoms with Crippen LogP contribution >= 0.6 is 11.8 Å². The summed E-state index contributed by atoms with van der Waals surface area (Å²) in [6, 6.07) is 11.4. The average molecular weight is 488 g/mol. The van der Waals surface area contributed by atoms with Gasteiger partial charge in [-0.1, -0.05) is 23.9 Å². The largest absolute Gasteiger partial charge is 0.379 e. The van der Waals surface area contributed by atoms with Gasteiger partial charge in [-0.05, 0) is 45.0 Å². The standard InChI is InChI=1S/C26H33NO6S/c1-4-27-21-11-10-19(23(28)17-32-14-12-30-5-2)16-25(21)34-26-20(8-7-9-22(26)27)24(29)18-33-15-13-31-6-3/h7-11,16H,4-6,12-15,17-18H2,1-3H3. The minimum atomic E-state index is -0.0826. The first-order valence-electron chi connectivity index (χ1n) is 11.7. The van der Waals surface area contributed by atoms with Crippen molar-refractivity contribution in [2.75, 3.05) is 64.3 Å².